The molecule has 0 saturated carbocycles. The lowest BCUT2D eigenvalue weighted by molar-refractivity contribution is 0.179. The summed E-state index contributed by atoms with van der Waals surface area (Å²) in [6.07, 6.45) is 6.55. The molecule has 2 rings (SSSR count). The summed E-state index contributed by atoms with van der Waals surface area (Å²) in [7, 11) is 2.01. The maximum atomic E-state index is 4.37. The normalized spacial score (nSPS) is 22.3. The fourth-order valence-corrected chi connectivity index (χ4v) is 2.75. The summed E-state index contributed by atoms with van der Waals surface area (Å²) >= 11 is 0. The molecule has 1 N–H and O–H groups in total. The largest absolute Gasteiger partial charge is 0.329 e. The van der Waals surface area contributed by atoms with E-state index in [1.54, 1.807) is 0 Å². The van der Waals surface area contributed by atoms with E-state index in [0.29, 0.717) is 6.04 Å². The van der Waals surface area contributed by atoms with Gasteiger partial charge in [-0.3, -0.25) is 0 Å². The summed E-state index contributed by atoms with van der Waals surface area (Å²) in [4.78, 5) is 6.90. The van der Waals surface area contributed by atoms with Gasteiger partial charge in [0.1, 0.15) is 0 Å². The Morgan fingerprint density at radius 2 is 2.28 bits per heavy atom. The smallest absolute Gasteiger partial charge is 0.0951 e. The lowest BCUT2D eigenvalue weighted by Gasteiger charge is -2.35. The minimum Gasteiger partial charge on any atom is -0.329 e. The Balaban J connectivity index is 2.21. The molecule has 1 aromatic rings. The SMILES string of the molecule is CCN1CCCC(n2cncc2C(C)(C)NC)C1. The van der Waals surface area contributed by atoms with Gasteiger partial charge in [0.25, 0.3) is 0 Å². The van der Waals surface area contributed by atoms with Crippen LogP contribution in [0.2, 0.25) is 0 Å². The Bertz CT molecular complexity index is 383. The molecule has 1 saturated heterocycles. The number of nitrogens with one attached hydrogen (secondary N) is 1. The lowest BCUT2D eigenvalue weighted by Crippen LogP contribution is -2.40. The second-order valence-electron chi connectivity index (χ2n) is 5.75. The third-order valence-corrected chi connectivity index (χ3v) is 4.25. The van der Waals surface area contributed by atoms with Crippen LogP contribution in [0.1, 0.15) is 45.3 Å². The van der Waals surface area contributed by atoms with Crippen LogP contribution in [0.4, 0.5) is 0 Å². The van der Waals surface area contributed by atoms with Crippen LogP contribution >= 0.6 is 0 Å². The van der Waals surface area contributed by atoms with E-state index < -0.39 is 0 Å². The van der Waals surface area contributed by atoms with Crippen molar-refractivity contribution in [2.75, 3.05) is 26.7 Å². The van der Waals surface area contributed by atoms with Crippen LogP contribution in [-0.4, -0.2) is 41.1 Å². The molecule has 1 unspecified atom stereocenters. The number of hydrogen-bond donors (Lipinski definition) is 1. The second-order valence-corrected chi connectivity index (χ2v) is 5.75. The van der Waals surface area contributed by atoms with Crippen molar-refractivity contribution in [1.82, 2.24) is 19.8 Å². The molecule has 1 aromatic heterocycles. The van der Waals surface area contributed by atoms with Crippen molar-refractivity contribution < 1.29 is 0 Å². The Kier molecular flexibility index (Phi) is 4.07. The molecule has 2 heterocycles. The zero-order valence-corrected chi connectivity index (χ0v) is 12.1. The third kappa shape index (κ3) is 2.59. The van der Waals surface area contributed by atoms with E-state index in [1.807, 2.05) is 19.6 Å². The first-order valence-electron chi connectivity index (χ1n) is 7.02. The number of nitrogens with zero attached hydrogens (tertiary/aromatic N) is 3. The van der Waals surface area contributed by atoms with E-state index in [1.165, 1.54) is 25.1 Å². The average molecular weight is 250 g/mol. The molecule has 0 bridgehead atoms. The van der Waals surface area contributed by atoms with Crippen molar-refractivity contribution in [1.29, 1.82) is 0 Å². The van der Waals surface area contributed by atoms with Crippen LogP contribution in [-0.2, 0) is 5.54 Å². The molecule has 0 aliphatic carbocycles. The molecule has 4 heteroatoms. The summed E-state index contributed by atoms with van der Waals surface area (Å²) in [5, 5.41) is 3.37. The molecule has 0 radical (unpaired) electrons. The quantitative estimate of drug-likeness (QED) is 0.887. The highest BCUT2D eigenvalue weighted by molar-refractivity contribution is 5.12. The molecular weight excluding hydrogens is 224 g/mol. The number of imidazole rings is 1. The van der Waals surface area contributed by atoms with Crippen molar-refractivity contribution in [3.8, 4) is 0 Å². The topological polar surface area (TPSA) is 33.1 Å². The number of aromatic nitrogens is 2. The summed E-state index contributed by atoms with van der Waals surface area (Å²) < 4.78 is 2.37. The number of piperidine rings is 1. The number of likely N-dealkylation sites (N-methyl/N-ethyl adjacent to an activating group) is 1. The lowest BCUT2D eigenvalue weighted by atomic mass is 9.99. The van der Waals surface area contributed by atoms with E-state index >= 15 is 0 Å². The van der Waals surface area contributed by atoms with Gasteiger partial charge in [-0.25, -0.2) is 4.98 Å². The van der Waals surface area contributed by atoms with Crippen LogP contribution < -0.4 is 5.32 Å². The molecule has 1 aliphatic rings. The summed E-state index contributed by atoms with van der Waals surface area (Å²) in [5.41, 5.74) is 1.26. The van der Waals surface area contributed by atoms with Crippen molar-refractivity contribution in [2.45, 2.75) is 45.2 Å². The van der Waals surface area contributed by atoms with Gasteiger partial charge in [0.2, 0.25) is 0 Å². The Morgan fingerprint density at radius 3 is 2.94 bits per heavy atom. The number of rotatable bonds is 4. The van der Waals surface area contributed by atoms with Crippen molar-refractivity contribution in [3.63, 3.8) is 0 Å². The van der Waals surface area contributed by atoms with Crippen LogP contribution in [0.3, 0.4) is 0 Å². The third-order valence-electron chi connectivity index (χ3n) is 4.25. The minimum atomic E-state index is -0.0228. The van der Waals surface area contributed by atoms with E-state index in [4.69, 9.17) is 0 Å². The Labute approximate surface area is 110 Å². The predicted molar refractivity (Wildman–Crippen MR) is 74.7 cm³/mol. The highest BCUT2D eigenvalue weighted by atomic mass is 15.2. The van der Waals surface area contributed by atoms with Crippen LogP contribution in [0.25, 0.3) is 0 Å². The van der Waals surface area contributed by atoms with Gasteiger partial charge in [0.05, 0.1) is 23.8 Å². The number of likely N-dealkylation sites (tertiary alicyclic amines) is 1. The van der Waals surface area contributed by atoms with E-state index in [2.05, 4.69) is 40.5 Å². The van der Waals surface area contributed by atoms with Crippen molar-refractivity contribution in [2.24, 2.45) is 0 Å². The minimum absolute atomic E-state index is 0.0228. The van der Waals surface area contributed by atoms with Gasteiger partial charge in [-0.15, -0.1) is 0 Å². The molecule has 4 nitrogen and oxygen atoms in total. The maximum Gasteiger partial charge on any atom is 0.0951 e. The second kappa shape index (κ2) is 5.41. The van der Waals surface area contributed by atoms with E-state index in [-0.39, 0.29) is 5.54 Å². The van der Waals surface area contributed by atoms with Crippen molar-refractivity contribution >= 4 is 0 Å². The predicted octanol–water partition coefficient (Wildman–Crippen LogP) is 1.99. The Morgan fingerprint density at radius 1 is 1.50 bits per heavy atom. The highest BCUT2D eigenvalue weighted by Gasteiger charge is 2.27. The van der Waals surface area contributed by atoms with Crippen LogP contribution in [0, 0.1) is 0 Å². The van der Waals surface area contributed by atoms with Gasteiger partial charge in [-0.2, -0.15) is 0 Å². The first-order chi connectivity index (χ1) is 8.58. The maximum absolute atomic E-state index is 4.37. The van der Waals surface area contributed by atoms with E-state index in [0.717, 1.165) is 13.1 Å². The molecule has 0 aromatic carbocycles. The first-order valence-corrected chi connectivity index (χ1v) is 7.02. The van der Waals surface area contributed by atoms with E-state index in [9.17, 15) is 0 Å². The van der Waals surface area contributed by atoms with Gasteiger partial charge >= 0.3 is 0 Å². The molecule has 1 aliphatic heterocycles. The summed E-state index contributed by atoms with van der Waals surface area (Å²) in [5.74, 6) is 0. The van der Waals surface area contributed by atoms with Gasteiger partial charge < -0.3 is 14.8 Å². The fourth-order valence-electron chi connectivity index (χ4n) is 2.75. The zero-order valence-electron chi connectivity index (χ0n) is 12.1. The molecule has 1 fully saturated rings. The summed E-state index contributed by atoms with van der Waals surface area (Å²) in [6.45, 7) is 10.2. The molecule has 18 heavy (non-hydrogen) atoms. The van der Waals surface area contributed by atoms with Gasteiger partial charge in [-0.05, 0) is 46.8 Å². The number of hydrogen-bond acceptors (Lipinski definition) is 3. The Hall–Kier alpha value is -0.870. The standard InChI is InChI=1S/C14H26N4/c1-5-17-8-6-7-12(10-17)18-11-16-9-13(18)14(2,3)15-4/h9,11-12,15H,5-8,10H2,1-4H3. The molecular formula is C14H26N4. The van der Waals surface area contributed by atoms with Crippen LogP contribution in [0.5, 0.6) is 0 Å². The van der Waals surface area contributed by atoms with Crippen molar-refractivity contribution in [3.05, 3.63) is 18.2 Å². The average Bonchev–Trinajstić information content (AvgIpc) is 2.89. The summed E-state index contributed by atoms with van der Waals surface area (Å²) in [6, 6.07) is 0.573. The highest BCUT2D eigenvalue weighted by Crippen LogP contribution is 2.27. The fraction of sp³-hybridized carbons (Fsp3) is 0.786. The van der Waals surface area contributed by atoms with Gasteiger partial charge in [0, 0.05) is 12.6 Å². The molecule has 0 spiro atoms. The zero-order chi connectivity index (χ0) is 13.2. The van der Waals surface area contributed by atoms with Gasteiger partial charge in [0.15, 0.2) is 0 Å². The first kappa shape index (κ1) is 13.6. The monoisotopic (exact) mass is 250 g/mol. The molecule has 1 atom stereocenters. The molecule has 102 valence electrons. The van der Waals surface area contributed by atoms with Gasteiger partial charge in [-0.1, -0.05) is 6.92 Å². The van der Waals surface area contributed by atoms with Crippen LogP contribution in [0.15, 0.2) is 12.5 Å². The molecule has 0 amide bonds.